The van der Waals surface area contributed by atoms with E-state index in [9.17, 15) is 39.0 Å². The number of Topliss-reactive ketones (excluding diaryl/α,β-unsaturated/α-hetero) is 2. The fraction of sp³-hybridized carbons (Fsp3) is 0.438. The van der Waals surface area contributed by atoms with E-state index in [1.807, 2.05) is 104 Å². The van der Waals surface area contributed by atoms with Crippen LogP contribution in [0, 0.1) is 36.5 Å². The van der Waals surface area contributed by atoms with Crippen molar-refractivity contribution in [3.05, 3.63) is 191 Å². The number of hydrogen-bond donors (Lipinski definition) is 8. The average Bonchev–Trinajstić information content (AvgIpc) is 1.60. The Bertz CT molecular complexity index is 4640. The van der Waals surface area contributed by atoms with Gasteiger partial charge in [-0.25, -0.2) is 9.97 Å². The Morgan fingerprint density at radius 1 is 0.545 bits per heavy atom. The summed E-state index contributed by atoms with van der Waals surface area (Å²) in [7, 11) is 0. The summed E-state index contributed by atoms with van der Waals surface area (Å²) in [6, 6.07) is 32.2. The van der Waals surface area contributed by atoms with Gasteiger partial charge in [0.25, 0.3) is 0 Å². The molecule has 2 aliphatic heterocycles. The number of carbonyl (C=O) groups excluding carboxylic acids is 6. The van der Waals surface area contributed by atoms with E-state index in [0.29, 0.717) is 75.9 Å². The van der Waals surface area contributed by atoms with E-state index in [1.54, 1.807) is 44.9 Å². The number of aromatic nitrogens is 6. The minimum atomic E-state index is -0.683. The number of aliphatic hydroxyl groups is 2. The molecule has 592 valence electrons. The third-order valence-electron chi connectivity index (χ3n) is 21.9. The third kappa shape index (κ3) is 21.5. The van der Waals surface area contributed by atoms with Gasteiger partial charge in [-0.1, -0.05) is 134 Å². The van der Waals surface area contributed by atoms with Gasteiger partial charge in [0, 0.05) is 181 Å². The van der Waals surface area contributed by atoms with Crippen LogP contribution in [0.1, 0.15) is 172 Å². The number of nitrogens with zero attached hydrogens (tertiary/aromatic N) is 6. The van der Waals surface area contributed by atoms with Gasteiger partial charge in [-0.15, -0.1) is 22.7 Å². The van der Waals surface area contributed by atoms with Crippen LogP contribution in [0.3, 0.4) is 0 Å². The number of nitrogens with one attached hydrogen (secondary N) is 6. The van der Waals surface area contributed by atoms with Crippen LogP contribution in [-0.2, 0) is 46.3 Å². The molecule has 2 saturated heterocycles. The lowest BCUT2D eigenvalue weighted by Crippen LogP contribution is -2.47. The molecule has 112 heavy (non-hydrogen) atoms. The summed E-state index contributed by atoms with van der Waals surface area (Å²) in [6.07, 6.45) is 11.8. The van der Waals surface area contributed by atoms with Gasteiger partial charge in [0.05, 0.1) is 69.7 Å². The molecule has 23 heteroatoms. The van der Waals surface area contributed by atoms with Crippen molar-refractivity contribution in [1.29, 1.82) is 0 Å². The highest BCUT2D eigenvalue weighted by molar-refractivity contribution is 7.13. The largest absolute Gasteiger partial charge is 0.391 e. The molecular formula is C89H110N12O9S2. The molecule has 0 unspecified atom stereocenters. The number of ether oxygens (including phenoxy) is 1. The van der Waals surface area contributed by atoms with Gasteiger partial charge in [-0.2, -0.15) is 0 Å². The number of thiazole rings is 2. The molecule has 0 radical (unpaired) electrons. The number of amides is 4. The van der Waals surface area contributed by atoms with Gasteiger partial charge in [0.15, 0.2) is 0 Å². The predicted molar refractivity (Wildman–Crippen MR) is 447 cm³/mol. The molecule has 2 aliphatic rings. The smallest absolute Gasteiger partial charge is 0.227 e. The van der Waals surface area contributed by atoms with Crippen LogP contribution in [0.4, 0.5) is 0 Å². The summed E-state index contributed by atoms with van der Waals surface area (Å²) < 4.78 is 5.69. The molecule has 8 N–H and O–H groups in total. The van der Waals surface area contributed by atoms with Crippen molar-refractivity contribution in [2.75, 3.05) is 39.4 Å². The highest BCUT2D eigenvalue weighted by Crippen LogP contribution is 2.39. The van der Waals surface area contributed by atoms with Gasteiger partial charge in [-0.3, -0.25) is 38.7 Å². The van der Waals surface area contributed by atoms with E-state index in [0.717, 1.165) is 111 Å². The van der Waals surface area contributed by atoms with Crippen LogP contribution in [0.15, 0.2) is 157 Å². The molecule has 8 heterocycles. The predicted octanol–water partition coefficient (Wildman–Crippen LogP) is 15.3. The Morgan fingerprint density at radius 3 is 1.41 bits per heavy atom. The van der Waals surface area contributed by atoms with Gasteiger partial charge in [0.2, 0.25) is 23.6 Å². The zero-order chi connectivity index (χ0) is 80.0. The first-order chi connectivity index (χ1) is 53.6. The average molecular weight is 1560 g/mol. The molecule has 4 aromatic carbocycles. The van der Waals surface area contributed by atoms with Gasteiger partial charge in [0.1, 0.15) is 11.6 Å². The highest BCUT2D eigenvalue weighted by Gasteiger charge is 2.45. The minimum Gasteiger partial charge on any atom is -0.391 e. The Hall–Kier alpha value is -9.78. The number of fused-ring (bicyclic) bond motifs is 6. The number of pyridine rings is 2. The second-order valence-corrected chi connectivity index (χ2v) is 34.1. The quantitative estimate of drug-likeness (QED) is 0.0174. The number of carbonyl (C=O) groups is 6. The molecule has 0 spiro atoms. The van der Waals surface area contributed by atoms with E-state index in [1.165, 1.54) is 0 Å². The van der Waals surface area contributed by atoms with Gasteiger partial charge in [-0.05, 0) is 122 Å². The summed E-state index contributed by atoms with van der Waals surface area (Å²) in [6.45, 7) is 30.4. The van der Waals surface area contributed by atoms with Crippen molar-refractivity contribution in [3.8, 4) is 20.9 Å². The van der Waals surface area contributed by atoms with Crippen molar-refractivity contribution in [2.24, 2.45) is 22.7 Å². The summed E-state index contributed by atoms with van der Waals surface area (Å²) in [5.41, 5.74) is 16.9. The van der Waals surface area contributed by atoms with E-state index in [2.05, 4.69) is 150 Å². The lowest BCUT2D eigenvalue weighted by atomic mass is 9.76. The first-order valence-electron chi connectivity index (χ1n) is 39.3. The number of unbranched alkanes of at least 4 members (excludes halogenated alkanes) is 2. The van der Waals surface area contributed by atoms with Crippen LogP contribution >= 0.6 is 22.7 Å². The summed E-state index contributed by atoms with van der Waals surface area (Å²) >= 11 is 3.25. The topological polar surface area (TPSA) is 290 Å². The Kier molecular flexibility index (Phi) is 28.0. The van der Waals surface area contributed by atoms with E-state index < -0.39 is 40.9 Å². The van der Waals surface area contributed by atoms with Crippen LogP contribution < -0.4 is 21.3 Å². The van der Waals surface area contributed by atoms with Crippen molar-refractivity contribution in [3.63, 3.8) is 0 Å². The Morgan fingerprint density at radius 2 is 0.982 bits per heavy atom. The maximum atomic E-state index is 14.2. The second-order valence-electron chi connectivity index (χ2n) is 32.4. The fourth-order valence-electron chi connectivity index (χ4n) is 15.3. The maximum absolute atomic E-state index is 14.2. The molecule has 6 aromatic heterocycles. The first kappa shape index (κ1) is 83.2. The number of aryl methyl sites for hydroxylation is 4. The zero-order valence-electron chi connectivity index (χ0n) is 66.4. The zero-order valence-corrected chi connectivity index (χ0v) is 68.1. The second kappa shape index (κ2) is 37.7. The molecule has 4 amide bonds. The van der Waals surface area contributed by atoms with Crippen LogP contribution in [0.2, 0.25) is 0 Å². The number of β-amino-alcohol motifs (C(OH)–C–C–N with tert-alkyl or cyclic N) is 2. The first-order valence-corrected chi connectivity index (χ1v) is 41.0. The molecule has 8 atom stereocenters. The molecule has 0 aliphatic carbocycles. The third-order valence-corrected chi connectivity index (χ3v) is 23.8. The molecule has 21 nitrogen and oxygen atoms in total. The van der Waals surface area contributed by atoms with Crippen molar-refractivity contribution < 1.29 is 43.7 Å². The number of likely N-dealkylation sites (tertiary alicyclic amines) is 2. The Labute approximate surface area is 665 Å². The Balaban J connectivity index is 0.000000221. The van der Waals surface area contributed by atoms with Crippen LogP contribution in [0.5, 0.6) is 0 Å². The highest BCUT2D eigenvalue weighted by atomic mass is 32.1. The molecule has 0 bridgehead atoms. The van der Waals surface area contributed by atoms with Gasteiger partial charge >= 0.3 is 0 Å². The number of benzene rings is 4. The number of ketones is 2. The standard InChI is InChI=1S/C45H56N6O4S.C44H54N6O5S/c1-28(32-13-15-33(16-14-32)43-30(3)48-27-56-43)49-29(2)41-24-35(53)26-51(41)44(55)38(45(4,5)6)23-34(52)10-8-7-9-20-47-42(54)18-12-31-11-17-36-37-25-46-21-19-39(37)50-40(36)22-31;1-27(31-9-11-32(12-10-31)42-29(3)47-26-56-42)48-28(2)40-23-34(52)25-50(40)43(54)37(44(4,5)6)22-33(51)16-19-55-20-18-46-41(53)14-8-30-7-13-35-36-24-45-17-15-38(36)49-39(35)21-30/h11,13-17,19,21-22,25,27-28,35,38,41,49-50,53H,2,7-10,12,18,20,23-24,26H2,1,3-6H3,(H,47,54);7,9-13,15,17,21,24,26-27,34,37,40,48-49,52H,2,8,14,16,18-20,22-23,25H2,1,3-6H3,(H,46,53)/t28-,35+,38+,41-;27-,34+,37+,40-/m00/s1. The molecule has 12 rings (SSSR count). The lowest BCUT2D eigenvalue weighted by molar-refractivity contribution is -0.143. The summed E-state index contributed by atoms with van der Waals surface area (Å²) in [5.74, 6) is -1.43. The van der Waals surface area contributed by atoms with Gasteiger partial charge < -0.3 is 56.0 Å². The van der Waals surface area contributed by atoms with Crippen molar-refractivity contribution in [1.82, 2.24) is 61.0 Å². The number of rotatable bonds is 34. The molecule has 2 fully saturated rings. The maximum Gasteiger partial charge on any atom is 0.227 e. The number of aromatic amines is 2. The summed E-state index contributed by atoms with van der Waals surface area (Å²) in [4.78, 5) is 110. The SMILES string of the molecule is C=C(N[C@@H](C)c1ccc(-c2scnc2C)cc1)[C@@H]1C[C@@H](O)CN1C(=O)[C@@H](CC(=O)CCCCCNC(=O)CCc1ccc2c(c1)[nH]c1ccncc12)C(C)(C)C.C=C(N[C@@H](C)c1ccc(-c2scnc2C)cc1)[C@@H]1C[C@@H](O)CN1C(=O)[C@@H](CC(=O)CCOCCNC(=O)CCc1ccc2c(c1)[nH]c1ccncc12)C(C)(C)C. The molecule has 0 saturated carbocycles. The summed E-state index contributed by atoms with van der Waals surface area (Å²) in [5, 5.41) is 38.7. The van der Waals surface area contributed by atoms with Crippen LogP contribution in [-0.4, -0.2) is 149 Å². The fourth-order valence-corrected chi connectivity index (χ4v) is 16.9. The number of hydrogen-bond acceptors (Lipinski definition) is 17. The minimum absolute atomic E-state index is 0.0164. The van der Waals surface area contributed by atoms with E-state index in [4.69, 9.17) is 4.74 Å². The lowest BCUT2D eigenvalue weighted by Gasteiger charge is -2.36. The van der Waals surface area contributed by atoms with E-state index in [-0.39, 0.29) is 98.9 Å². The van der Waals surface area contributed by atoms with Crippen LogP contribution in [0.25, 0.3) is 64.5 Å². The molecule has 10 aromatic rings. The molecular weight excluding hydrogens is 1450 g/mol. The van der Waals surface area contributed by atoms with Crippen molar-refractivity contribution in [2.45, 2.75) is 189 Å². The number of aliphatic hydroxyl groups excluding tert-OH is 2. The van der Waals surface area contributed by atoms with Crippen molar-refractivity contribution >= 4 is 101 Å². The monoisotopic (exact) mass is 1550 g/mol. The normalized spacial score (nSPS) is 16.9. The number of H-pyrrole nitrogens is 2. The van der Waals surface area contributed by atoms with E-state index >= 15 is 0 Å².